The summed E-state index contributed by atoms with van der Waals surface area (Å²) < 4.78 is 5.88. The summed E-state index contributed by atoms with van der Waals surface area (Å²) >= 11 is 0. The van der Waals surface area contributed by atoms with Gasteiger partial charge in [-0.3, -0.25) is 9.89 Å². The van der Waals surface area contributed by atoms with Gasteiger partial charge in [-0.25, -0.2) is 0 Å². The molecule has 0 amide bonds. The molecule has 1 saturated carbocycles. The zero-order chi connectivity index (χ0) is 13.9. The van der Waals surface area contributed by atoms with Gasteiger partial charge in [-0.05, 0) is 38.6 Å². The lowest BCUT2D eigenvalue weighted by atomic mass is 9.96. The zero-order valence-electron chi connectivity index (χ0n) is 12.8. The van der Waals surface area contributed by atoms with Crippen LogP contribution >= 0.6 is 0 Å². The lowest BCUT2D eigenvalue weighted by Crippen LogP contribution is -2.49. The summed E-state index contributed by atoms with van der Waals surface area (Å²) in [5.74, 6) is 0.929. The Hall–Kier alpha value is -0.810. The Morgan fingerprint density at radius 1 is 1.30 bits per heavy atom. The number of likely N-dealkylation sites (N-methyl/N-ethyl adjacent to an activating group) is 1. The molecule has 2 N–H and O–H groups in total. The van der Waals surface area contributed by atoms with Gasteiger partial charge in [-0.2, -0.15) is 0 Å². The molecule has 2 bridgehead atoms. The SMILES string of the molecule is CCN(CCNC(=NC)NC1CC2CCC1O2)C1CC1. The van der Waals surface area contributed by atoms with Crippen LogP contribution in [0.4, 0.5) is 0 Å². The van der Waals surface area contributed by atoms with E-state index in [1.807, 2.05) is 7.05 Å². The Bertz CT molecular complexity index is 356. The minimum atomic E-state index is 0.400. The molecule has 5 heteroatoms. The summed E-state index contributed by atoms with van der Waals surface area (Å²) in [5.41, 5.74) is 0. The average molecular weight is 280 g/mol. The molecule has 3 aliphatic rings. The van der Waals surface area contributed by atoms with Crippen LogP contribution in [-0.4, -0.2) is 61.8 Å². The van der Waals surface area contributed by atoms with Gasteiger partial charge in [0.2, 0.25) is 0 Å². The average Bonchev–Trinajstić information content (AvgIpc) is 3.10. The fourth-order valence-electron chi connectivity index (χ4n) is 3.52. The third-order valence-electron chi connectivity index (χ3n) is 4.81. The molecule has 5 nitrogen and oxygen atoms in total. The molecule has 2 heterocycles. The molecule has 2 saturated heterocycles. The van der Waals surface area contributed by atoms with Crippen LogP contribution in [0.25, 0.3) is 0 Å². The minimum absolute atomic E-state index is 0.400. The Morgan fingerprint density at radius 3 is 2.70 bits per heavy atom. The highest BCUT2D eigenvalue weighted by Gasteiger charge is 2.41. The summed E-state index contributed by atoms with van der Waals surface area (Å²) in [4.78, 5) is 6.90. The van der Waals surface area contributed by atoms with Gasteiger partial charge in [0.05, 0.1) is 18.2 Å². The van der Waals surface area contributed by atoms with E-state index in [1.165, 1.54) is 25.7 Å². The summed E-state index contributed by atoms with van der Waals surface area (Å²) in [7, 11) is 1.85. The molecule has 0 spiro atoms. The van der Waals surface area contributed by atoms with Crippen molar-refractivity contribution in [3.63, 3.8) is 0 Å². The first-order chi connectivity index (χ1) is 9.80. The van der Waals surface area contributed by atoms with Crippen molar-refractivity contribution in [2.45, 2.75) is 63.3 Å². The standard InChI is InChI=1S/C15H28N4O/c1-3-19(11-4-5-11)9-8-17-15(16-2)18-13-10-12-6-7-14(13)20-12/h11-14H,3-10H2,1-2H3,(H2,16,17,18). The number of nitrogens with one attached hydrogen (secondary N) is 2. The molecule has 1 aliphatic carbocycles. The monoisotopic (exact) mass is 280 g/mol. The lowest BCUT2D eigenvalue weighted by molar-refractivity contribution is 0.0992. The van der Waals surface area contributed by atoms with Gasteiger partial charge in [0, 0.05) is 26.2 Å². The zero-order valence-corrected chi connectivity index (χ0v) is 12.8. The summed E-state index contributed by atoms with van der Waals surface area (Å²) in [6.07, 6.45) is 7.21. The van der Waals surface area contributed by atoms with Crippen LogP contribution < -0.4 is 10.6 Å². The maximum atomic E-state index is 5.88. The smallest absolute Gasteiger partial charge is 0.191 e. The summed E-state index contributed by atoms with van der Waals surface area (Å²) in [5, 5.41) is 6.97. The molecule has 114 valence electrons. The van der Waals surface area contributed by atoms with Crippen molar-refractivity contribution in [2.24, 2.45) is 4.99 Å². The molecule has 0 aromatic heterocycles. The normalized spacial score (nSPS) is 33.0. The molecule has 2 aliphatic heterocycles. The highest BCUT2D eigenvalue weighted by molar-refractivity contribution is 5.80. The van der Waals surface area contributed by atoms with Crippen molar-refractivity contribution in [3.05, 3.63) is 0 Å². The maximum Gasteiger partial charge on any atom is 0.191 e. The molecule has 0 aromatic carbocycles. The van der Waals surface area contributed by atoms with Crippen molar-refractivity contribution in [3.8, 4) is 0 Å². The molecule has 3 fully saturated rings. The molecule has 0 radical (unpaired) electrons. The second-order valence-corrected chi connectivity index (χ2v) is 6.22. The van der Waals surface area contributed by atoms with Crippen LogP contribution in [0.5, 0.6) is 0 Å². The van der Waals surface area contributed by atoms with Gasteiger partial charge >= 0.3 is 0 Å². The van der Waals surface area contributed by atoms with Gasteiger partial charge in [0.15, 0.2) is 5.96 Å². The first-order valence-electron chi connectivity index (χ1n) is 8.17. The van der Waals surface area contributed by atoms with Crippen LogP contribution in [0.15, 0.2) is 4.99 Å². The highest BCUT2D eigenvalue weighted by Crippen LogP contribution is 2.34. The van der Waals surface area contributed by atoms with Crippen molar-refractivity contribution >= 4 is 5.96 Å². The molecule has 3 rings (SSSR count). The second kappa shape index (κ2) is 6.31. The predicted octanol–water partition coefficient (Wildman–Crippen LogP) is 0.956. The molecular formula is C15H28N4O. The quantitative estimate of drug-likeness (QED) is 0.562. The topological polar surface area (TPSA) is 48.9 Å². The Balaban J connectivity index is 1.39. The van der Waals surface area contributed by atoms with E-state index < -0.39 is 0 Å². The minimum Gasteiger partial charge on any atom is -0.373 e. The van der Waals surface area contributed by atoms with Crippen LogP contribution in [-0.2, 0) is 4.74 Å². The number of fused-ring (bicyclic) bond motifs is 2. The Kier molecular flexibility index (Phi) is 4.46. The second-order valence-electron chi connectivity index (χ2n) is 6.22. The van der Waals surface area contributed by atoms with Crippen molar-refractivity contribution in [1.29, 1.82) is 0 Å². The number of aliphatic imine (C=N–C) groups is 1. The number of guanidine groups is 1. The van der Waals surface area contributed by atoms with Crippen LogP contribution in [0.3, 0.4) is 0 Å². The third-order valence-corrected chi connectivity index (χ3v) is 4.81. The van der Waals surface area contributed by atoms with Crippen molar-refractivity contribution in [1.82, 2.24) is 15.5 Å². The molecular weight excluding hydrogens is 252 g/mol. The molecule has 3 atom stereocenters. The summed E-state index contributed by atoms with van der Waals surface area (Å²) in [6, 6.07) is 1.29. The number of hydrogen-bond donors (Lipinski definition) is 2. The van der Waals surface area contributed by atoms with Crippen molar-refractivity contribution in [2.75, 3.05) is 26.7 Å². The summed E-state index contributed by atoms with van der Waals surface area (Å²) in [6.45, 7) is 5.47. The van der Waals surface area contributed by atoms with E-state index >= 15 is 0 Å². The van der Waals surface area contributed by atoms with Crippen LogP contribution in [0.1, 0.15) is 39.0 Å². The Labute approximate surface area is 122 Å². The number of rotatable bonds is 6. The van der Waals surface area contributed by atoms with E-state index in [1.54, 1.807) is 0 Å². The van der Waals surface area contributed by atoms with E-state index in [4.69, 9.17) is 4.74 Å². The van der Waals surface area contributed by atoms with Gasteiger partial charge in [-0.1, -0.05) is 6.92 Å². The van der Waals surface area contributed by atoms with Crippen LogP contribution in [0, 0.1) is 0 Å². The van der Waals surface area contributed by atoms with E-state index in [0.717, 1.165) is 38.1 Å². The van der Waals surface area contributed by atoms with Crippen molar-refractivity contribution < 1.29 is 4.74 Å². The van der Waals surface area contributed by atoms with Gasteiger partial charge in [-0.15, -0.1) is 0 Å². The predicted molar refractivity (Wildman–Crippen MR) is 81.1 cm³/mol. The lowest BCUT2D eigenvalue weighted by Gasteiger charge is -2.24. The number of nitrogens with zero attached hydrogens (tertiary/aromatic N) is 2. The highest BCUT2D eigenvalue weighted by atomic mass is 16.5. The van der Waals surface area contributed by atoms with Gasteiger partial charge in [0.25, 0.3) is 0 Å². The van der Waals surface area contributed by atoms with E-state index in [-0.39, 0.29) is 0 Å². The first-order valence-corrected chi connectivity index (χ1v) is 8.17. The van der Waals surface area contributed by atoms with Gasteiger partial charge in [0.1, 0.15) is 0 Å². The van der Waals surface area contributed by atoms with E-state index in [0.29, 0.717) is 18.2 Å². The number of ether oxygens (including phenoxy) is 1. The van der Waals surface area contributed by atoms with Crippen LogP contribution in [0.2, 0.25) is 0 Å². The molecule has 0 aromatic rings. The maximum absolute atomic E-state index is 5.88. The largest absolute Gasteiger partial charge is 0.373 e. The fourth-order valence-corrected chi connectivity index (χ4v) is 3.52. The third kappa shape index (κ3) is 3.26. The number of hydrogen-bond acceptors (Lipinski definition) is 3. The fraction of sp³-hybridized carbons (Fsp3) is 0.933. The Morgan fingerprint density at radius 2 is 2.15 bits per heavy atom. The van der Waals surface area contributed by atoms with Gasteiger partial charge < -0.3 is 15.4 Å². The first kappa shape index (κ1) is 14.1. The molecule has 3 unspecified atom stereocenters. The van der Waals surface area contributed by atoms with E-state index in [9.17, 15) is 0 Å². The molecule has 20 heavy (non-hydrogen) atoms. The van der Waals surface area contributed by atoms with E-state index in [2.05, 4.69) is 27.4 Å².